The molecule has 0 fully saturated rings. The van der Waals surface area contributed by atoms with Gasteiger partial charge in [0, 0.05) is 12.1 Å². The Morgan fingerprint density at radius 2 is 1.60 bits per heavy atom. The second kappa shape index (κ2) is 8.12. The van der Waals surface area contributed by atoms with Crippen LogP contribution in [0.25, 0.3) is 11.3 Å². The molecule has 4 heteroatoms. The summed E-state index contributed by atoms with van der Waals surface area (Å²) in [5.41, 5.74) is 2.75. The first kappa shape index (κ1) is 17.4. The SMILES string of the molecule is C[C@H](O)c1ccc(-c2ccc(CNC[C@H](O)c3ccccc3)o2)cc1. The van der Waals surface area contributed by atoms with E-state index in [1.807, 2.05) is 66.7 Å². The van der Waals surface area contributed by atoms with Crippen LogP contribution in [0.4, 0.5) is 0 Å². The number of hydrogen-bond acceptors (Lipinski definition) is 4. The van der Waals surface area contributed by atoms with Gasteiger partial charge >= 0.3 is 0 Å². The van der Waals surface area contributed by atoms with Crippen molar-refractivity contribution in [1.82, 2.24) is 5.32 Å². The summed E-state index contributed by atoms with van der Waals surface area (Å²) in [5, 5.41) is 22.9. The summed E-state index contributed by atoms with van der Waals surface area (Å²) in [4.78, 5) is 0. The van der Waals surface area contributed by atoms with Gasteiger partial charge in [0.25, 0.3) is 0 Å². The van der Waals surface area contributed by atoms with Crippen molar-refractivity contribution >= 4 is 0 Å². The number of rotatable bonds is 7. The Kier molecular flexibility index (Phi) is 5.66. The minimum atomic E-state index is -0.538. The van der Waals surface area contributed by atoms with Gasteiger partial charge in [-0.3, -0.25) is 0 Å². The van der Waals surface area contributed by atoms with Gasteiger partial charge in [0.15, 0.2) is 0 Å². The summed E-state index contributed by atoms with van der Waals surface area (Å²) in [6.45, 7) is 2.76. The number of benzene rings is 2. The van der Waals surface area contributed by atoms with E-state index in [4.69, 9.17) is 4.42 Å². The van der Waals surface area contributed by atoms with Crippen molar-refractivity contribution in [2.75, 3.05) is 6.54 Å². The summed E-state index contributed by atoms with van der Waals surface area (Å²) in [6, 6.07) is 21.1. The third kappa shape index (κ3) is 4.57. The maximum Gasteiger partial charge on any atom is 0.134 e. The van der Waals surface area contributed by atoms with Crippen LogP contribution in [0.1, 0.15) is 36.0 Å². The molecule has 0 aliphatic rings. The Morgan fingerprint density at radius 3 is 2.28 bits per heavy atom. The quantitative estimate of drug-likeness (QED) is 0.613. The number of hydrogen-bond donors (Lipinski definition) is 3. The number of nitrogens with one attached hydrogen (secondary N) is 1. The van der Waals surface area contributed by atoms with Gasteiger partial charge in [-0.2, -0.15) is 0 Å². The van der Waals surface area contributed by atoms with Gasteiger partial charge < -0.3 is 19.9 Å². The zero-order valence-corrected chi connectivity index (χ0v) is 14.2. The molecule has 0 bridgehead atoms. The van der Waals surface area contributed by atoms with Crippen molar-refractivity contribution in [3.05, 3.63) is 83.6 Å². The molecule has 4 nitrogen and oxygen atoms in total. The van der Waals surface area contributed by atoms with Crippen molar-refractivity contribution in [1.29, 1.82) is 0 Å². The first-order chi connectivity index (χ1) is 12.1. The molecule has 0 unspecified atom stereocenters. The molecule has 0 radical (unpaired) electrons. The lowest BCUT2D eigenvalue weighted by Gasteiger charge is -2.11. The van der Waals surface area contributed by atoms with Crippen molar-refractivity contribution in [3.63, 3.8) is 0 Å². The van der Waals surface area contributed by atoms with Crippen LogP contribution >= 0.6 is 0 Å². The highest BCUT2D eigenvalue weighted by atomic mass is 16.3. The van der Waals surface area contributed by atoms with Gasteiger partial charge in [0.1, 0.15) is 11.5 Å². The number of aliphatic hydroxyl groups is 2. The minimum absolute atomic E-state index is 0.461. The summed E-state index contributed by atoms with van der Waals surface area (Å²) in [7, 11) is 0. The minimum Gasteiger partial charge on any atom is -0.460 e. The molecule has 0 amide bonds. The first-order valence-corrected chi connectivity index (χ1v) is 8.44. The highest BCUT2D eigenvalue weighted by Gasteiger charge is 2.09. The van der Waals surface area contributed by atoms with Gasteiger partial charge in [-0.1, -0.05) is 54.6 Å². The summed E-state index contributed by atoms with van der Waals surface area (Å²) >= 11 is 0. The third-order valence-electron chi connectivity index (χ3n) is 4.16. The van der Waals surface area contributed by atoms with Crippen LogP contribution in [0.3, 0.4) is 0 Å². The van der Waals surface area contributed by atoms with Gasteiger partial charge in [0.2, 0.25) is 0 Å². The van der Waals surface area contributed by atoms with Crippen molar-refractivity contribution < 1.29 is 14.6 Å². The van der Waals surface area contributed by atoms with Crippen molar-refractivity contribution in [3.8, 4) is 11.3 Å². The second-order valence-corrected chi connectivity index (χ2v) is 6.12. The molecule has 1 heterocycles. The predicted molar refractivity (Wildman–Crippen MR) is 97.9 cm³/mol. The van der Waals surface area contributed by atoms with Crippen LogP contribution in [0.5, 0.6) is 0 Å². The molecular formula is C21H23NO3. The average molecular weight is 337 g/mol. The Balaban J connectivity index is 1.55. The summed E-state index contributed by atoms with van der Waals surface area (Å²) < 4.78 is 5.85. The molecule has 3 rings (SSSR count). The van der Waals surface area contributed by atoms with Gasteiger partial charge in [-0.05, 0) is 30.2 Å². The topological polar surface area (TPSA) is 65.6 Å². The molecule has 2 atom stereocenters. The summed E-state index contributed by atoms with van der Waals surface area (Å²) in [6.07, 6.45) is -1.01. The predicted octanol–water partition coefficient (Wildman–Crippen LogP) is 3.82. The van der Waals surface area contributed by atoms with Gasteiger partial charge in [-0.25, -0.2) is 0 Å². The summed E-state index contributed by atoms with van der Waals surface area (Å²) in [5.74, 6) is 1.60. The van der Waals surface area contributed by atoms with Gasteiger partial charge in [0.05, 0.1) is 18.8 Å². The van der Waals surface area contributed by atoms with Crippen LogP contribution in [0.15, 0.2) is 71.1 Å². The molecule has 3 aromatic rings. The van der Waals surface area contributed by atoms with Crippen LogP contribution in [0.2, 0.25) is 0 Å². The van der Waals surface area contributed by atoms with E-state index in [1.165, 1.54) is 0 Å². The standard InChI is InChI=1S/C21H23NO3/c1-15(23)16-7-9-18(10-8-16)21-12-11-19(25-21)13-22-14-20(24)17-5-3-2-4-6-17/h2-12,15,20,22-24H,13-14H2,1H3/t15-,20-/m0/s1. The van der Waals surface area contributed by atoms with E-state index in [-0.39, 0.29) is 0 Å². The van der Waals surface area contributed by atoms with Crippen LogP contribution in [-0.4, -0.2) is 16.8 Å². The normalized spacial score (nSPS) is 13.6. The Labute approximate surface area is 147 Å². The maximum atomic E-state index is 10.1. The van der Waals surface area contributed by atoms with E-state index in [1.54, 1.807) is 6.92 Å². The average Bonchev–Trinajstić information content (AvgIpc) is 3.11. The molecule has 0 spiro atoms. The molecule has 0 aliphatic heterocycles. The third-order valence-corrected chi connectivity index (χ3v) is 4.16. The molecule has 2 aromatic carbocycles. The van der Waals surface area contributed by atoms with E-state index >= 15 is 0 Å². The molecule has 130 valence electrons. The van der Waals surface area contributed by atoms with E-state index in [0.717, 1.165) is 28.2 Å². The zero-order valence-electron chi connectivity index (χ0n) is 14.2. The largest absolute Gasteiger partial charge is 0.460 e. The lowest BCUT2D eigenvalue weighted by atomic mass is 10.1. The van der Waals surface area contributed by atoms with Crippen LogP contribution in [0, 0.1) is 0 Å². The van der Waals surface area contributed by atoms with Crippen molar-refractivity contribution in [2.45, 2.75) is 25.7 Å². The lowest BCUT2D eigenvalue weighted by Crippen LogP contribution is -2.20. The van der Waals surface area contributed by atoms with Gasteiger partial charge in [-0.15, -0.1) is 0 Å². The van der Waals surface area contributed by atoms with E-state index in [0.29, 0.717) is 13.1 Å². The Morgan fingerprint density at radius 1 is 0.880 bits per heavy atom. The molecule has 25 heavy (non-hydrogen) atoms. The molecule has 0 saturated heterocycles. The molecule has 0 saturated carbocycles. The Bertz CT molecular complexity index is 778. The smallest absolute Gasteiger partial charge is 0.134 e. The number of aliphatic hydroxyl groups excluding tert-OH is 2. The van der Waals surface area contributed by atoms with E-state index in [9.17, 15) is 10.2 Å². The highest BCUT2D eigenvalue weighted by molar-refractivity contribution is 5.58. The maximum absolute atomic E-state index is 10.1. The second-order valence-electron chi connectivity index (χ2n) is 6.12. The molecule has 0 aliphatic carbocycles. The first-order valence-electron chi connectivity index (χ1n) is 8.44. The molecule has 3 N–H and O–H groups in total. The fourth-order valence-electron chi connectivity index (χ4n) is 2.68. The van der Waals surface area contributed by atoms with Crippen molar-refractivity contribution in [2.24, 2.45) is 0 Å². The molecular weight excluding hydrogens is 314 g/mol. The monoisotopic (exact) mass is 337 g/mol. The fourth-order valence-corrected chi connectivity index (χ4v) is 2.68. The van der Waals surface area contributed by atoms with Crippen LogP contribution < -0.4 is 5.32 Å². The van der Waals surface area contributed by atoms with E-state index < -0.39 is 12.2 Å². The fraction of sp³-hybridized carbons (Fsp3) is 0.238. The highest BCUT2D eigenvalue weighted by Crippen LogP contribution is 2.24. The zero-order chi connectivity index (χ0) is 17.6. The molecule has 1 aromatic heterocycles. The van der Waals surface area contributed by atoms with Crippen LogP contribution in [-0.2, 0) is 6.54 Å². The lowest BCUT2D eigenvalue weighted by molar-refractivity contribution is 0.173. The van der Waals surface area contributed by atoms with E-state index in [2.05, 4.69) is 5.32 Å². The Hall–Kier alpha value is -2.40. The number of furan rings is 1.